The average Bonchev–Trinajstić information content (AvgIpc) is 2.28. The maximum absolute atomic E-state index is 11.7. The molecule has 0 spiro atoms. The minimum absolute atomic E-state index is 0.152. The Morgan fingerprint density at radius 3 is 2.65 bits per heavy atom. The summed E-state index contributed by atoms with van der Waals surface area (Å²) in [6.45, 7) is 4.16. The van der Waals surface area contributed by atoms with Gasteiger partial charge in [-0.05, 0) is 25.8 Å². The quantitative estimate of drug-likeness (QED) is 0.664. The lowest BCUT2D eigenvalue weighted by molar-refractivity contribution is -0.120. The monoisotopic (exact) mass is 262 g/mol. The molecule has 2 N–H and O–H groups in total. The van der Waals surface area contributed by atoms with E-state index >= 15 is 0 Å². The molecule has 5 nitrogen and oxygen atoms in total. The zero-order valence-corrected chi connectivity index (χ0v) is 11.2. The zero-order valence-electron chi connectivity index (χ0n) is 10.4. The fourth-order valence-electron chi connectivity index (χ4n) is 1.94. The third kappa shape index (κ3) is 4.63. The number of sulfone groups is 1. The van der Waals surface area contributed by atoms with E-state index in [9.17, 15) is 13.2 Å². The Morgan fingerprint density at radius 1 is 1.24 bits per heavy atom. The molecule has 1 rings (SSSR count). The van der Waals surface area contributed by atoms with Crippen LogP contribution < -0.4 is 10.6 Å². The summed E-state index contributed by atoms with van der Waals surface area (Å²) in [4.78, 5) is 11.7. The van der Waals surface area contributed by atoms with E-state index in [1.165, 1.54) is 0 Å². The Hall–Kier alpha value is -0.620. The van der Waals surface area contributed by atoms with Crippen LogP contribution in [0, 0.1) is 0 Å². The summed E-state index contributed by atoms with van der Waals surface area (Å²) < 4.78 is 23.4. The van der Waals surface area contributed by atoms with Crippen molar-refractivity contribution < 1.29 is 13.2 Å². The van der Waals surface area contributed by atoms with Gasteiger partial charge in [-0.25, -0.2) is 8.42 Å². The molecule has 1 saturated heterocycles. The molecule has 1 atom stereocenters. The summed E-state index contributed by atoms with van der Waals surface area (Å²) in [5.74, 6) is -0.179. The largest absolute Gasteiger partial charge is 0.354 e. The molecular weight excluding hydrogens is 240 g/mol. The van der Waals surface area contributed by atoms with Crippen LogP contribution >= 0.6 is 0 Å². The van der Waals surface area contributed by atoms with Gasteiger partial charge < -0.3 is 10.6 Å². The molecule has 1 amide bonds. The molecule has 1 aliphatic heterocycles. The SMILES string of the molecule is CCCNCCNC(=O)C1CCCCS1(=O)=O. The second-order valence-corrected chi connectivity index (χ2v) is 6.70. The molecule has 0 saturated carbocycles. The number of nitrogens with one attached hydrogen (secondary N) is 2. The van der Waals surface area contributed by atoms with Crippen molar-refractivity contribution in [2.24, 2.45) is 0 Å². The van der Waals surface area contributed by atoms with Crippen LogP contribution in [0.2, 0.25) is 0 Å². The predicted molar refractivity (Wildman–Crippen MR) is 67.6 cm³/mol. The first-order valence-electron chi connectivity index (χ1n) is 6.28. The number of carbonyl (C=O) groups excluding carboxylic acids is 1. The lowest BCUT2D eigenvalue weighted by atomic mass is 10.2. The van der Waals surface area contributed by atoms with E-state index < -0.39 is 15.1 Å². The molecule has 0 aliphatic carbocycles. The highest BCUT2D eigenvalue weighted by molar-refractivity contribution is 7.92. The fourth-order valence-corrected chi connectivity index (χ4v) is 3.76. The molecule has 0 bridgehead atoms. The summed E-state index contributed by atoms with van der Waals surface area (Å²) in [5, 5.41) is 5.02. The smallest absolute Gasteiger partial charge is 0.238 e. The van der Waals surface area contributed by atoms with Crippen molar-refractivity contribution in [2.75, 3.05) is 25.4 Å². The highest BCUT2D eigenvalue weighted by Gasteiger charge is 2.34. The second kappa shape index (κ2) is 6.96. The van der Waals surface area contributed by atoms with Crippen molar-refractivity contribution >= 4 is 15.7 Å². The van der Waals surface area contributed by atoms with Crippen LogP contribution in [0.15, 0.2) is 0 Å². The van der Waals surface area contributed by atoms with Gasteiger partial charge in [0.05, 0.1) is 5.75 Å². The van der Waals surface area contributed by atoms with Gasteiger partial charge in [0.25, 0.3) is 0 Å². The maximum Gasteiger partial charge on any atom is 0.238 e. The molecule has 1 unspecified atom stereocenters. The predicted octanol–water partition coefficient (Wildman–Crippen LogP) is 0.0695. The molecule has 0 aromatic rings. The Labute approximate surface area is 103 Å². The first kappa shape index (κ1) is 14.4. The number of hydrogen-bond acceptors (Lipinski definition) is 4. The average molecular weight is 262 g/mol. The van der Waals surface area contributed by atoms with E-state index in [2.05, 4.69) is 17.6 Å². The third-order valence-electron chi connectivity index (χ3n) is 2.90. The van der Waals surface area contributed by atoms with E-state index in [-0.39, 0.29) is 11.7 Å². The van der Waals surface area contributed by atoms with Crippen molar-refractivity contribution in [3.05, 3.63) is 0 Å². The van der Waals surface area contributed by atoms with Gasteiger partial charge in [-0.2, -0.15) is 0 Å². The normalized spacial score (nSPS) is 23.2. The highest BCUT2D eigenvalue weighted by Crippen LogP contribution is 2.19. The number of carbonyl (C=O) groups is 1. The maximum atomic E-state index is 11.7. The van der Waals surface area contributed by atoms with Gasteiger partial charge in [-0.1, -0.05) is 13.3 Å². The summed E-state index contributed by atoms with van der Waals surface area (Å²) in [6, 6.07) is 0. The van der Waals surface area contributed by atoms with Crippen molar-refractivity contribution in [3.63, 3.8) is 0 Å². The van der Waals surface area contributed by atoms with Crippen LogP contribution in [-0.2, 0) is 14.6 Å². The molecule has 1 aliphatic rings. The summed E-state index contributed by atoms with van der Waals surface area (Å²) in [6.07, 6.45) is 3.02. The van der Waals surface area contributed by atoms with Crippen LogP contribution in [0.5, 0.6) is 0 Å². The molecule has 100 valence electrons. The minimum Gasteiger partial charge on any atom is -0.354 e. The minimum atomic E-state index is -3.20. The summed E-state index contributed by atoms with van der Waals surface area (Å²) in [5.41, 5.74) is 0. The van der Waals surface area contributed by atoms with Gasteiger partial charge in [0.2, 0.25) is 5.91 Å². The van der Waals surface area contributed by atoms with Gasteiger partial charge in [-0.15, -0.1) is 0 Å². The Bertz CT molecular complexity index is 341. The van der Waals surface area contributed by atoms with Crippen LogP contribution in [0.25, 0.3) is 0 Å². The second-order valence-electron chi connectivity index (χ2n) is 4.39. The van der Waals surface area contributed by atoms with Crippen molar-refractivity contribution in [3.8, 4) is 0 Å². The Kier molecular flexibility index (Phi) is 5.91. The Morgan fingerprint density at radius 2 is 2.00 bits per heavy atom. The number of hydrogen-bond donors (Lipinski definition) is 2. The van der Waals surface area contributed by atoms with Crippen LogP contribution in [0.1, 0.15) is 32.6 Å². The zero-order chi connectivity index (χ0) is 12.7. The van der Waals surface area contributed by atoms with Gasteiger partial charge >= 0.3 is 0 Å². The van der Waals surface area contributed by atoms with E-state index in [0.29, 0.717) is 25.9 Å². The number of amides is 1. The van der Waals surface area contributed by atoms with E-state index in [1.54, 1.807) is 0 Å². The topological polar surface area (TPSA) is 75.3 Å². The Balaban J connectivity index is 2.31. The summed E-state index contributed by atoms with van der Waals surface area (Å²) >= 11 is 0. The standard InChI is InChI=1S/C11H22N2O3S/c1-2-6-12-7-8-13-11(14)10-5-3-4-9-17(10,15)16/h10,12H,2-9H2,1H3,(H,13,14). The van der Waals surface area contributed by atoms with Gasteiger partial charge in [0, 0.05) is 13.1 Å². The fraction of sp³-hybridized carbons (Fsp3) is 0.909. The molecule has 17 heavy (non-hydrogen) atoms. The van der Waals surface area contributed by atoms with Crippen LogP contribution in [0.4, 0.5) is 0 Å². The van der Waals surface area contributed by atoms with Crippen molar-refractivity contribution in [2.45, 2.75) is 37.9 Å². The molecule has 0 aromatic carbocycles. The molecule has 0 aromatic heterocycles. The van der Waals surface area contributed by atoms with E-state index in [1.807, 2.05) is 0 Å². The first-order valence-corrected chi connectivity index (χ1v) is 7.99. The third-order valence-corrected chi connectivity index (χ3v) is 5.07. The highest BCUT2D eigenvalue weighted by atomic mass is 32.2. The van der Waals surface area contributed by atoms with E-state index in [0.717, 1.165) is 19.4 Å². The van der Waals surface area contributed by atoms with Crippen molar-refractivity contribution in [1.82, 2.24) is 10.6 Å². The van der Waals surface area contributed by atoms with Gasteiger partial charge in [0.15, 0.2) is 9.84 Å². The van der Waals surface area contributed by atoms with Crippen molar-refractivity contribution in [1.29, 1.82) is 0 Å². The van der Waals surface area contributed by atoms with Crippen LogP contribution in [0.3, 0.4) is 0 Å². The molecule has 1 fully saturated rings. The lowest BCUT2D eigenvalue weighted by Crippen LogP contribution is -2.44. The molecule has 1 heterocycles. The first-order chi connectivity index (χ1) is 8.08. The van der Waals surface area contributed by atoms with Gasteiger partial charge in [-0.3, -0.25) is 4.79 Å². The number of rotatable bonds is 6. The lowest BCUT2D eigenvalue weighted by Gasteiger charge is -2.21. The van der Waals surface area contributed by atoms with E-state index in [4.69, 9.17) is 0 Å². The molecular formula is C11H22N2O3S. The van der Waals surface area contributed by atoms with Crippen LogP contribution in [-0.4, -0.2) is 45.0 Å². The molecule has 6 heteroatoms. The molecule has 0 radical (unpaired) electrons. The van der Waals surface area contributed by atoms with Gasteiger partial charge in [0.1, 0.15) is 5.25 Å². The summed E-state index contributed by atoms with van der Waals surface area (Å²) in [7, 11) is -3.20.